The normalized spacial score (nSPS) is 14.7. The summed E-state index contributed by atoms with van der Waals surface area (Å²) < 4.78 is 16.7. The number of carbonyl (C=O) groups is 2. The van der Waals surface area contributed by atoms with Crippen LogP contribution in [0.1, 0.15) is 17.5 Å². The molecule has 1 aromatic heterocycles. The fourth-order valence-electron chi connectivity index (χ4n) is 3.87. The van der Waals surface area contributed by atoms with Gasteiger partial charge in [0.25, 0.3) is 0 Å². The van der Waals surface area contributed by atoms with Crippen molar-refractivity contribution in [1.82, 2.24) is 9.88 Å². The van der Waals surface area contributed by atoms with Crippen molar-refractivity contribution in [2.24, 2.45) is 0 Å². The van der Waals surface area contributed by atoms with Gasteiger partial charge in [-0.2, -0.15) is 0 Å². The molecule has 35 heavy (non-hydrogen) atoms. The van der Waals surface area contributed by atoms with E-state index in [9.17, 15) is 9.59 Å². The minimum Gasteiger partial charge on any atom is -0.496 e. The lowest BCUT2D eigenvalue weighted by Gasteiger charge is -2.26. The molecule has 1 saturated heterocycles. The number of benzene rings is 2. The van der Waals surface area contributed by atoms with Crippen LogP contribution in [0.4, 0.5) is 0 Å². The predicted molar refractivity (Wildman–Crippen MR) is 137 cm³/mol. The van der Waals surface area contributed by atoms with E-state index >= 15 is 0 Å². The molecule has 182 valence electrons. The Balaban J connectivity index is 1.27. The van der Waals surface area contributed by atoms with Crippen molar-refractivity contribution < 1.29 is 23.8 Å². The Kier molecular flexibility index (Phi) is 8.48. The fourth-order valence-corrected chi connectivity index (χ4v) is 3.87. The number of fused-ring (bicyclic) bond motifs is 1. The van der Waals surface area contributed by atoms with Crippen LogP contribution >= 0.6 is 0 Å². The number of nitrogens with one attached hydrogen (secondary N) is 1. The molecule has 4 rings (SSSR count). The molecule has 1 N–H and O–H groups in total. The first kappa shape index (κ1) is 24.4. The summed E-state index contributed by atoms with van der Waals surface area (Å²) in [6, 6.07) is 13.4. The minimum atomic E-state index is -0.271. The van der Waals surface area contributed by atoms with Crippen molar-refractivity contribution in [3.8, 4) is 11.5 Å². The lowest BCUT2D eigenvalue weighted by atomic mass is 10.1. The van der Waals surface area contributed by atoms with Gasteiger partial charge in [0, 0.05) is 43.0 Å². The molecule has 1 fully saturated rings. The smallest absolute Gasteiger partial charge is 0.163 e. The summed E-state index contributed by atoms with van der Waals surface area (Å²) in [6.07, 6.45) is 7.92. The molecule has 0 unspecified atom stereocenters. The molecule has 7 nitrogen and oxygen atoms in total. The Labute approximate surface area is 205 Å². The van der Waals surface area contributed by atoms with Gasteiger partial charge in [-0.1, -0.05) is 18.2 Å². The Bertz CT molecular complexity index is 1220. The van der Waals surface area contributed by atoms with Crippen LogP contribution < -0.4 is 9.47 Å². The van der Waals surface area contributed by atoms with E-state index in [2.05, 4.69) is 9.88 Å². The summed E-state index contributed by atoms with van der Waals surface area (Å²) >= 11 is 0. The lowest BCUT2D eigenvalue weighted by Crippen LogP contribution is -2.38. The highest BCUT2D eigenvalue weighted by Crippen LogP contribution is 2.26. The second-order valence-corrected chi connectivity index (χ2v) is 8.31. The number of carbonyl (C=O) groups excluding carboxylic acids is 2. The van der Waals surface area contributed by atoms with E-state index in [1.165, 1.54) is 12.2 Å². The average molecular weight is 475 g/mol. The van der Waals surface area contributed by atoms with Crippen molar-refractivity contribution in [3.05, 3.63) is 71.9 Å². The highest BCUT2D eigenvalue weighted by Gasteiger charge is 2.11. The molecule has 1 aliphatic heterocycles. The number of hydrogen-bond donors (Lipinski definition) is 1. The van der Waals surface area contributed by atoms with Crippen LogP contribution in [0.15, 0.2) is 60.8 Å². The third-order valence-electron chi connectivity index (χ3n) is 5.82. The van der Waals surface area contributed by atoms with Crippen LogP contribution in [0.2, 0.25) is 0 Å². The summed E-state index contributed by atoms with van der Waals surface area (Å²) in [7, 11) is 1.57. The molecule has 0 radical (unpaired) electrons. The summed E-state index contributed by atoms with van der Waals surface area (Å²) in [5.41, 5.74) is 2.64. The Morgan fingerprint density at radius 3 is 2.63 bits per heavy atom. The number of allylic oxidation sites excluding steroid dienone is 2. The summed E-state index contributed by atoms with van der Waals surface area (Å²) in [5, 5.41) is 1.11. The van der Waals surface area contributed by atoms with E-state index in [0.29, 0.717) is 18.1 Å². The van der Waals surface area contributed by atoms with Gasteiger partial charge >= 0.3 is 0 Å². The Morgan fingerprint density at radius 1 is 1.03 bits per heavy atom. The number of morpholine rings is 1. The quantitative estimate of drug-likeness (QED) is 0.332. The highest BCUT2D eigenvalue weighted by molar-refractivity contribution is 6.11. The third-order valence-corrected chi connectivity index (χ3v) is 5.82. The van der Waals surface area contributed by atoms with Gasteiger partial charge < -0.3 is 19.2 Å². The molecule has 3 aromatic rings. The second-order valence-electron chi connectivity index (χ2n) is 8.31. The van der Waals surface area contributed by atoms with E-state index in [4.69, 9.17) is 14.2 Å². The molecule has 0 saturated carbocycles. The van der Waals surface area contributed by atoms with Gasteiger partial charge in [-0.3, -0.25) is 14.5 Å². The largest absolute Gasteiger partial charge is 0.496 e. The molecule has 0 aliphatic carbocycles. The average Bonchev–Trinajstić information content (AvgIpc) is 3.35. The monoisotopic (exact) mass is 474 g/mol. The summed E-state index contributed by atoms with van der Waals surface area (Å²) in [4.78, 5) is 30.0. The molecule has 2 aromatic carbocycles. The number of rotatable bonds is 11. The first-order valence-electron chi connectivity index (χ1n) is 11.7. The Hall–Kier alpha value is -3.68. The topological polar surface area (TPSA) is 80.9 Å². The van der Waals surface area contributed by atoms with E-state index in [0.717, 1.165) is 54.9 Å². The van der Waals surface area contributed by atoms with Gasteiger partial charge in [0.15, 0.2) is 11.6 Å². The minimum absolute atomic E-state index is 0.192. The van der Waals surface area contributed by atoms with Crippen LogP contribution in [0.5, 0.6) is 11.5 Å². The second kappa shape index (κ2) is 12.1. The summed E-state index contributed by atoms with van der Waals surface area (Å²) in [6.45, 7) is 4.79. The van der Waals surface area contributed by atoms with Crippen molar-refractivity contribution in [2.45, 2.75) is 6.42 Å². The van der Waals surface area contributed by atoms with E-state index < -0.39 is 0 Å². The highest BCUT2D eigenvalue weighted by atomic mass is 16.5. The van der Waals surface area contributed by atoms with Crippen LogP contribution in [0, 0.1) is 0 Å². The number of nitrogens with zero attached hydrogens (tertiary/aromatic N) is 1. The number of aromatic amines is 1. The molecular weight excluding hydrogens is 444 g/mol. The first-order valence-corrected chi connectivity index (χ1v) is 11.7. The molecule has 0 atom stereocenters. The standard InChI is InChI=1S/C28H30N2O5/c1-33-28-20-26(35-17-14-30-12-15-34-16-13-30)9-6-23(28)5-8-25(32)19-24(31)7-3-21-2-4-22-10-11-29-27(22)18-21/h2-11,18,20,29H,12-17,19H2,1H3/b7-3+,8-5+. The van der Waals surface area contributed by atoms with Gasteiger partial charge in [-0.05, 0) is 53.4 Å². The van der Waals surface area contributed by atoms with Crippen LogP contribution in [0.3, 0.4) is 0 Å². The number of methoxy groups -OCH3 is 1. The van der Waals surface area contributed by atoms with Crippen molar-refractivity contribution >= 4 is 34.6 Å². The van der Waals surface area contributed by atoms with Crippen molar-refractivity contribution in [2.75, 3.05) is 46.6 Å². The molecule has 0 amide bonds. The number of H-pyrrole nitrogens is 1. The van der Waals surface area contributed by atoms with Gasteiger partial charge in [-0.25, -0.2) is 0 Å². The molecular formula is C28H30N2O5. The number of hydrogen-bond acceptors (Lipinski definition) is 6. The molecule has 1 aliphatic rings. The number of aromatic nitrogens is 1. The van der Waals surface area contributed by atoms with E-state index in [1.54, 1.807) is 25.3 Å². The van der Waals surface area contributed by atoms with E-state index in [-0.39, 0.29) is 18.0 Å². The number of ketones is 2. The first-order chi connectivity index (χ1) is 17.1. The molecule has 7 heteroatoms. The van der Waals surface area contributed by atoms with Gasteiger partial charge in [-0.15, -0.1) is 0 Å². The van der Waals surface area contributed by atoms with Gasteiger partial charge in [0.2, 0.25) is 0 Å². The maximum Gasteiger partial charge on any atom is 0.163 e. The maximum absolute atomic E-state index is 12.3. The number of ether oxygens (including phenoxy) is 3. The van der Waals surface area contributed by atoms with Crippen LogP contribution in [-0.4, -0.2) is 68.0 Å². The van der Waals surface area contributed by atoms with Gasteiger partial charge in [0.05, 0.1) is 26.7 Å². The molecule has 0 spiro atoms. The van der Waals surface area contributed by atoms with Crippen LogP contribution in [-0.2, 0) is 14.3 Å². The zero-order valence-corrected chi connectivity index (χ0v) is 19.9. The summed E-state index contributed by atoms with van der Waals surface area (Å²) in [5.74, 6) is 0.787. The fraction of sp³-hybridized carbons (Fsp3) is 0.286. The SMILES string of the molecule is COc1cc(OCCN2CCOCC2)ccc1/C=C/C(=O)CC(=O)/C=C/c1ccc2cc[nH]c2c1. The maximum atomic E-state index is 12.3. The Morgan fingerprint density at radius 2 is 1.83 bits per heavy atom. The van der Waals surface area contributed by atoms with Crippen molar-refractivity contribution in [3.63, 3.8) is 0 Å². The van der Waals surface area contributed by atoms with Crippen molar-refractivity contribution in [1.29, 1.82) is 0 Å². The van der Waals surface area contributed by atoms with Crippen LogP contribution in [0.25, 0.3) is 23.1 Å². The molecule has 2 heterocycles. The predicted octanol–water partition coefficient (Wildman–Crippen LogP) is 4.14. The third kappa shape index (κ3) is 7.15. The zero-order chi connectivity index (χ0) is 24.5. The molecule has 0 bridgehead atoms. The van der Waals surface area contributed by atoms with E-state index in [1.807, 2.05) is 42.6 Å². The zero-order valence-electron chi connectivity index (χ0n) is 19.9. The lowest BCUT2D eigenvalue weighted by molar-refractivity contribution is -0.121. The van der Waals surface area contributed by atoms with Gasteiger partial charge in [0.1, 0.15) is 18.1 Å².